The summed E-state index contributed by atoms with van der Waals surface area (Å²) in [7, 11) is 0. The Balaban J connectivity index is 2.97. The first-order valence-corrected chi connectivity index (χ1v) is 5.72. The lowest BCUT2D eigenvalue weighted by molar-refractivity contribution is 0.0665. The number of carbonyl (C=O) groups is 1. The molecular weight excluding hydrogens is 245 g/mol. The lowest BCUT2D eigenvalue weighted by Crippen LogP contribution is -2.39. The molecule has 0 saturated heterocycles. The minimum atomic E-state index is -0.620. The molecule has 0 bridgehead atoms. The van der Waals surface area contributed by atoms with Crippen LogP contribution in [0.15, 0.2) is 18.2 Å². The van der Waals surface area contributed by atoms with Crippen molar-refractivity contribution in [3.05, 3.63) is 34.6 Å². The minimum absolute atomic E-state index is 0.0141. The summed E-state index contributed by atoms with van der Waals surface area (Å²) in [6.45, 7) is 3.76. The average Bonchev–Trinajstić information content (AvgIpc) is 2.28. The smallest absolute Gasteiger partial charge is 0.254 e. The molecule has 1 aromatic rings. The number of aliphatic hydroxyl groups is 1. The van der Waals surface area contributed by atoms with Gasteiger partial charge in [0.2, 0.25) is 0 Å². The van der Waals surface area contributed by atoms with Gasteiger partial charge in [-0.15, -0.1) is 0 Å². The molecule has 1 amide bonds. The molecule has 0 aliphatic heterocycles. The highest BCUT2D eigenvalue weighted by Gasteiger charge is 2.19. The van der Waals surface area contributed by atoms with Crippen LogP contribution < -0.4 is 0 Å². The third kappa shape index (κ3) is 3.41. The van der Waals surface area contributed by atoms with E-state index in [2.05, 4.69) is 0 Å². The standard InChI is InChI=1S/C12H15ClFNO2/c1-8(2)15(5-6-16)12(17)9-3-4-10(13)11(14)7-9/h3-4,7-8,16H,5-6H2,1-2H3. The van der Waals surface area contributed by atoms with Crippen molar-refractivity contribution in [2.45, 2.75) is 19.9 Å². The number of benzene rings is 1. The molecule has 17 heavy (non-hydrogen) atoms. The summed E-state index contributed by atoms with van der Waals surface area (Å²) in [5.41, 5.74) is 0.231. The van der Waals surface area contributed by atoms with Crippen LogP contribution in [0, 0.1) is 5.82 Å². The maximum absolute atomic E-state index is 13.2. The normalized spacial score (nSPS) is 10.7. The Morgan fingerprint density at radius 1 is 1.53 bits per heavy atom. The summed E-state index contributed by atoms with van der Waals surface area (Å²) in [4.78, 5) is 13.5. The molecule has 3 nitrogen and oxygen atoms in total. The molecule has 0 fully saturated rings. The number of hydrogen-bond donors (Lipinski definition) is 1. The summed E-state index contributed by atoms with van der Waals surface area (Å²) >= 11 is 5.55. The van der Waals surface area contributed by atoms with Gasteiger partial charge < -0.3 is 10.0 Å². The highest BCUT2D eigenvalue weighted by atomic mass is 35.5. The molecule has 1 N–H and O–H groups in total. The highest BCUT2D eigenvalue weighted by molar-refractivity contribution is 6.30. The van der Waals surface area contributed by atoms with Crippen molar-refractivity contribution in [3.8, 4) is 0 Å². The monoisotopic (exact) mass is 259 g/mol. The van der Waals surface area contributed by atoms with Crippen LogP contribution in [0.4, 0.5) is 4.39 Å². The molecule has 0 aromatic heterocycles. The van der Waals surface area contributed by atoms with Gasteiger partial charge in [-0.25, -0.2) is 4.39 Å². The maximum atomic E-state index is 13.2. The van der Waals surface area contributed by atoms with Crippen LogP contribution in [0.3, 0.4) is 0 Å². The number of carbonyl (C=O) groups excluding carboxylic acids is 1. The molecule has 0 heterocycles. The Morgan fingerprint density at radius 3 is 2.65 bits per heavy atom. The maximum Gasteiger partial charge on any atom is 0.254 e. The van der Waals surface area contributed by atoms with Crippen molar-refractivity contribution in [1.29, 1.82) is 0 Å². The molecule has 0 aliphatic rings. The van der Waals surface area contributed by atoms with E-state index in [9.17, 15) is 9.18 Å². The predicted octanol–water partition coefficient (Wildman–Crippen LogP) is 2.32. The highest BCUT2D eigenvalue weighted by Crippen LogP contribution is 2.17. The van der Waals surface area contributed by atoms with Gasteiger partial charge in [0.1, 0.15) is 5.82 Å². The fourth-order valence-corrected chi connectivity index (χ4v) is 1.61. The first-order valence-electron chi connectivity index (χ1n) is 5.34. The Morgan fingerprint density at radius 2 is 2.18 bits per heavy atom. The second kappa shape index (κ2) is 5.98. The molecule has 94 valence electrons. The SMILES string of the molecule is CC(C)N(CCO)C(=O)c1ccc(Cl)c(F)c1. The molecule has 0 spiro atoms. The van der Waals surface area contributed by atoms with Gasteiger partial charge in [0.05, 0.1) is 11.6 Å². The first-order chi connectivity index (χ1) is 7.97. The van der Waals surface area contributed by atoms with Crippen molar-refractivity contribution < 1.29 is 14.3 Å². The third-order valence-corrected chi connectivity index (χ3v) is 2.70. The number of hydrogen-bond acceptors (Lipinski definition) is 2. The van der Waals surface area contributed by atoms with Gasteiger partial charge in [-0.3, -0.25) is 4.79 Å². The van der Waals surface area contributed by atoms with E-state index in [1.807, 2.05) is 13.8 Å². The largest absolute Gasteiger partial charge is 0.395 e. The zero-order chi connectivity index (χ0) is 13.0. The summed E-state index contributed by atoms with van der Waals surface area (Å²) in [6, 6.07) is 3.87. The van der Waals surface area contributed by atoms with E-state index in [-0.39, 0.29) is 35.7 Å². The second-order valence-electron chi connectivity index (χ2n) is 3.94. The molecule has 0 radical (unpaired) electrons. The number of amides is 1. The van der Waals surface area contributed by atoms with E-state index < -0.39 is 5.82 Å². The fraction of sp³-hybridized carbons (Fsp3) is 0.417. The number of aliphatic hydroxyl groups excluding tert-OH is 1. The Hall–Kier alpha value is -1.13. The zero-order valence-electron chi connectivity index (χ0n) is 9.78. The number of nitrogens with zero attached hydrogens (tertiary/aromatic N) is 1. The van der Waals surface area contributed by atoms with Crippen molar-refractivity contribution in [2.24, 2.45) is 0 Å². The summed E-state index contributed by atoms with van der Waals surface area (Å²) in [6.07, 6.45) is 0. The average molecular weight is 260 g/mol. The second-order valence-corrected chi connectivity index (χ2v) is 4.35. The molecule has 0 atom stereocenters. The Bertz CT molecular complexity index is 409. The molecule has 0 saturated carbocycles. The topological polar surface area (TPSA) is 40.5 Å². The van der Waals surface area contributed by atoms with Gasteiger partial charge in [-0.05, 0) is 32.0 Å². The van der Waals surface area contributed by atoms with E-state index in [0.717, 1.165) is 6.07 Å². The molecule has 5 heteroatoms. The predicted molar refractivity (Wildman–Crippen MR) is 64.7 cm³/mol. The summed E-state index contributed by atoms with van der Waals surface area (Å²) in [5, 5.41) is 8.88. The summed E-state index contributed by atoms with van der Waals surface area (Å²) < 4.78 is 13.2. The molecule has 1 aromatic carbocycles. The van der Waals surface area contributed by atoms with Crippen LogP contribution in [0.25, 0.3) is 0 Å². The van der Waals surface area contributed by atoms with E-state index >= 15 is 0 Å². The van der Waals surface area contributed by atoms with Gasteiger partial charge in [0.25, 0.3) is 5.91 Å². The lowest BCUT2D eigenvalue weighted by Gasteiger charge is -2.26. The van der Waals surface area contributed by atoms with E-state index in [4.69, 9.17) is 16.7 Å². The zero-order valence-corrected chi connectivity index (χ0v) is 10.5. The Kier molecular flexibility index (Phi) is 4.90. The van der Waals surface area contributed by atoms with Crippen LogP contribution in [0.1, 0.15) is 24.2 Å². The van der Waals surface area contributed by atoms with Crippen LogP contribution in [-0.2, 0) is 0 Å². The quantitative estimate of drug-likeness (QED) is 0.902. The Labute approximate surface area is 105 Å². The number of halogens is 2. The van der Waals surface area contributed by atoms with Gasteiger partial charge >= 0.3 is 0 Å². The van der Waals surface area contributed by atoms with Gasteiger partial charge in [0.15, 0.2) is 0 Å². The number of rotatable bonds is 4. The molecular formula is C12H15ClFNO2. The van der Waals surface area contributed by atoms with Crippen molar-refractivity contribution in [3.63, 3.8) is 0 Å². The van der Waals surface area contributed by atoms with Gasteiger partial charge in [-0.1, -0.05) is 11.6 Å². The molecule has 0 aliphatic carbocycles. The van der Waals surface area contributed by atoms with Crippen LogP contribution in [0.5, 0.6) is 0 Å². The van der Waals surface area contributed by atoms with Crippen molar-refractivity contribution in [1.82, 2.24) is 4.90 Å². The third-order valence-electron chi connectivity index (χ3n) is 2.39. The lowest BCUT2D eigenvalue weighted by atomic mass is 10.1. The first kappa shape index (κ1) is 13.9. The van der Waals surface area contributed by atoms with E-state index in [1.165, 1.54) is 17.0 Å². The molecule has 0 unspecified atom stereocenters. The summed E-state index contributed by atoms with van der Waals surface area (Å²) in [5.74, 6) is -0.935. The minimum Gasteiger partial charge on any atom is -0.395 e. The van der Waals surface area contributed by atoms with Crippen LogP contribution in [-0.4, -0.2) is 35.1 Å². The molecule has 1 rings (SSSR count). The van der Waals surface area contributed by atoms with Gasteiger partial charge in [-0.2, -0.15) is 0 Å². The van der Waals surface area contributed by atoms with Crippen molar-refractivity contribution in [2.75, 3.05) is 13.2 Å². The van der Waals surface area contributed by atoms with Gasteiger partial charge in [0, 0.05) is 18.2 Å². The fourth-order valence-electron chi connectivity index (χ4n) is 1.50. The van der Waals surface area contributed by atoms with E-state index in [1.54, 1.807) is 0 Å². The van der Waals surface area contributed by atoms with Crippen LogP contribution >= 0.6 is 11.6 Å². The van der Waals surface area contributed by atoms with Crippen LogP contribution in [0.2, 0.25) is 5.02 Å². The van der Waals surface area contributed by atoms with Crippen molar-refractivity contribution >= 4 is 17.5 Å². The van der Waals surface area contributed by atoms with E-state index in [0.29, 0.717) is 0 Å².